The number of fused-ring (bicyclic) bond motifs is 1. The van der Waals surface area contributed by atoms with E-state index in [9.17, 15) is 0 Å². The van der Waals surface area contributed by atoms with E-state index in [2.05, 4.69) is 36.8 Å². The zero-order chi connectivity index (χ0) is 17.2. The summed E-state index contributed by atoms with van der Waals surface area (Å²) in [5, 5.41) is 8.42. The zero-order valence-corrected chi connectivity index (χ0v) is 14.6. The van der Waals surface area contributed by atoms with Crippen molar-refractivity contribution in [1.29, 1.82) is 0 Å². The van der Waals surface area contributed by atoms with Gasteiger partial charge in [0.2, 0.25) is 0 Å². The SMILES string of the molecule is Cc1nnc2n1CCN(Cc1ccc(OCc3nccn3C)cc1)C2. The van der Waals surface area contributed by atoms with Gasteiger partial charge in [0.15, 0.2) is 0 Å². The highest BCUT2D eigenvalue weighted by Crippen LogP contribution is 2.18. The summed E-state index contributed by atoms with van der Waals surface area (Å²) in [6.07, 6.45) is 3.70. The molecule has 0 saturated carbocycles. The van der Waals surface area contributed by atoms with Gasteiger partial charge in [-0.2, -0.15) is 0 Å². The van der Waals surface area contributed by atoms with Gasteiger partial charge in [-0.1, -0.05) is 12.1 Å². The summed E-state index contributed by atoms with van der Waals surface area (Å²) in [5.74, 6) is 3.83. The molecule has 0 saturated heterocycles. The molecule has 0 radical (unpaired) electrons. The molecule has 0 N–H and O–H groups in total. The van der Waals surface area contributed by atoms with E-state index in [0.717, 1.165) is 49.4 Å². The van der Waals surface area contributed by atoms with Crippen molar-refractivity contribution >= 4 is 0 Å². The van der Waals surface area contributed by atoms with E-state index in [1.165, 1.54) is 5.56 Å². The molecule has 0 aliphatic carbocycles. The summed E-state index contributed by atoms with van der Waals surface area (Å²) in [6, 6.07) is 8.29. The van der Waals surface area contributed by atoms with Gasteiger partial charge in [-0.25, -0.2) is 4.98 Å². The van der Waals surface area contributed by atoms with Crippen molar-refractivity contribution in [2.45, 2.75) is 33.2 Å². The van der Waals surface area contributed by atoms with Crippen molar-refractivity contribution in [2.75, 3.05) is 6.54 Å². The van der Waals surface area contributed by atoms with Crippen LogP contribution in [0.25, 0.3) is 0 Å². The summed E-state index contributed by atoms with van der Waals surface area (Å²) in [7, 11) is 1.97. The van der Waals surface area contributed by atoms with E-state index in [0.29, 0.717) is 6.61 Å². The smallest absolute Gasteiger partial charge is 0.147 e. The summed E-state index contributed by atoms with van der Waals surface area (Å²) in [5.41, 5.74) is 1.27. The van der Waals surface area contributed by atoms with E-state index in [1.807, 2.05) is 36.9 Å². The quantitative estimate of drug-likeness (QED) is 0.711. The fraction of sp³-hybridized carbons (Fsp3) is 0.389. The maximum Gasteiger partial charge on any atom is 0.147 e. The van der Waals surface area contributed by atoms with Gasteiger partial charge in [0.1, 0.15) is 29.8 Å². The molecule has 0 fully saturated rings. The Balaban J connectivity index is 1.34. The highest BCUT2D eigenvalue weighted by molar-refractivity contribution is 5.27. The molecule has 130 valence electrons. The topological polar surface area (TPSA) is 61.0 Å². The predicted molar refractivity (Wildman–Crippen MR) is 92.9 cm³/mol. The monoisotopic (exact) mass is 338 g/mol. The fourth-order valence-corrected chi connectivity index (χ4v) is 3.12. The molecular formula is C18H22N6O. The fourth-order valence-electron chi connectivity index (χ4n) is 3.12. The number of benzene rings is 1. The minimum absolute atomic E-state index is 0.476. The van der Waals surface area contributed by atoms with Crippen LogP contribution in [-0.2, 0) is 33.3 Å². The third kappa shape index (κ3) is 3.41. The van der Waals surface area contributed by atoms with Crippen LogP contribution in [0.4, 0.5) is 0 Å². The summed E-state index contributed by atoms with van der Waals surface area (Å²) < 4.78 is 9.97. The molecule has 1 aliphatic heterocycles. The third-order valence-corrected chi connectivity index (χ3v) is 4.64. The van der Waals surface area contributed by atoms with Gasteiger partial charge in [-0.15, -0.1) is 10.2 Å². The number of ether oxygens (including phenoxy) is 1. The van der Waals surface area contributed by atoms with Crippen LogP contribution in [0.5, 0.6) is 5.75 Å². The lowest BCUT2D eigenvalue weighted by Gasteiger charge is -2.27. The molecule has 4 rings (SSSR count). The molecule has 0 atom stereocenters. The Morgan fingerprint density at radius 1 is 1.12 bits per heavy atom. The van der Waals surface area contributed by atoms with E-state index < -0.39 is 0 Å². The molecule has 2 aromatic heterocycles. The van der Waals surface area contributed by atoms with Crippen LogP contribution in [0, 0.1) is 6.92 Å². The lowest BCUT2D eigenvalue weighted by molar-refractivity contribution is 0.207. The van der Waals surface area contributed by atoms with Crippen LogP contribution >= 0.6 is 0 Å². The van der Waals surface area contributed by atoms with E-state index in [-0.39, 0.29) is 0 Å². The standard InChI is InChI=1S/C18H22N6O/c1-14-20-21-17-12-23(9-10-24(14)17)11-15-3-5-16(6-4-15)25-13-18-19-7-8-22(18)2/h3-8H,9-13H2,1-2H3. The molecule has 0 amide bonds. The first kappa shape index (κ1) is 15.8. The van der Waals surface area contributed by atoms with Crippen LogP contribution in [0.2, 0.25) is 0 Å². The minimum atomic E-state index is 0.476. The first-order valence-corrected chi connectivity index (χ1v) is 8.48. The molecule has 0 spiro atoms. The Hall–Kier alpha value is -2.67. The minimum Gasteiger partial charge on any atom is -0.486 e. The number of hydrogen-bond acceptors (Lipinski definition) is 5. The first-order chi connectivity index (χ1) is 12.2. The van der Waals surface area contributed by atoms with Crippen molar-refractivity contribution in [3.63, 3.8) is 0 Å². The Morgan fingerprint density at radius 3 is 2.72 bits per heavy atom. The summed E-state index contributed by atoms with van der Waals surface area (Å²) in [6.45, 7) is 6.21. The van der Waals surface area contributed by atoms with Crippen LogP contribution in [0.3, 0.4) is 0 Å². The second-order valence-electron chi connectivity index (χ2n) is 6.41. The number of nitrogens with zero attached hydrogens (tertiary/aromatic N) is 6. The molecule has 1 aromatic carbocycles. The average molecular weight is 338 g/mol. The molecule has 3 heterocycles. The van der Waals surface area contributed by atoms with Gasteiger partial charge >= 0.3 is 0 Å². The summed E-state index contributed by atoms with van der Waals surface area (Å²) >= 11 is 0. The molecule has 25 heavy (non-hydrogen) atoms. The molecule has 1 aliphatic rings. The van der Waals surface area contributed by atoms with E-state index in [1.54, 1.807) is 6.20 Å². The Kier molecular flexibility index (Phi) is 4.23. The Morgan fingerprint density at radius 2 is 1.96 bits per heavy atom. The van der Waals surface area contributed by atoms with Gasteiger partial charge in [0, 0.05) is 39.1 Å². The number of hydrogen-bond donors (Lipinski definition) is 0. The van der Waals surface area contributed by atoms with Crippen LogP contribution in [0.1, 0.15) is 23.0 Å². The van der Waals surface area contributed by atoms with Crippen molar-refractivity contribution in [1.82, 2.24) is 29.2 Å². The van der Waals surface area contributed by atoms with E-state index >= 15 is 0 Å². The van der Waals surface area contributed by atoms with Gasteiger partial charge in [0.05, 0.1) is 6.54 Å². The highest BCUT2D eigenvalue weighted by atomic mass is 16.5. The first-order valence-electron chi connectivity index (χ1n) is 8.48. The van der Waals surface area contributed by atoms with Gasteiger partial charge in [-0.05, 0) is 24.6 Å². The molecule has 0 unspecified atom stereocenters. The maximum atomic E-state index is 5.81. The largest absolute Gasteiger partial charge is 0.486 e. The molecule has 0 bridgehead atoms. The number of rotatable bonds is 5. The molecular weight excluding hydrogens is 316 g/mol. The average Bonchev–Trinajstić information content (AvgIpc) is 3.20. The molecule has 7 heteroatoms. The number of imidazole rings is 1. The third-order valence-electron chi connectivity index (χ3n) is 4.64. The van der Waals surface area contributed by atoms with Crippen LogP contribution < -0.4 is 4.74 Å². The van der Waals surface area contributed by atoms with Gasteiger partial charge in [-0.3, -0.25) is 4.90 Å². The Bertz CT molecular complexity index is 851. The molecule has 3 aromatic rings. The highest BCUT2D eigenvalue weighted by Gasteiger charge is 2.19. The zero-order valence-electron chi connectivity index (χ0n) is 14.6. The molecule has 7 nitrogen and oxygen atoms in total. The lowest BCUT2D eigenvalue weighted by atomic mass is 10.2. The van der Waals surface area contributed by atoms with Crippen LogP contribution in [0.15, 0.2) is 36.7 Å². The van der Waals surface area contributed by atoms with Gasteiger partial charge < -0.3 is 13.9 Å². The van der Waals surface area contributed by atoms with Crippen molar-refractivity contribution < 1.29 is 4.74 Å². The van der Waals surface area contributed by atoms with Crippen molar-refractivity contribution in [2.24, 2.45) is 7.05 Å². The van der Waals surface area contributed by atoms with Crippen LogP contribution in [-0.4, -0.2) is 35.8 Å². The Labute approximate surface area is 146 Å². The number of aromatic nitrogens is 5. The van der Waals surface area contributed by atoms with Gasteiger partial charge in [0.25, 0.3) is 0 Å². The maximum absolute atomic E-state index is 5.81. The second-order valence-corrected chi connectivity index (χ2v) is 6.41. The predicted octanol–water partition coefficient (Wildman–Crippen LogP) is 1.91. The second kappa shape index (κ2) is 6.68. The van der Waals surface area contributed by atoms with Crippen molar-refractivity contribution in [3.05, 3.63) is 59.7 Å². The van der Waals surface area contributed by atoms with Crippen molar-refractivity contribution in [3.8, 4) is 5.75 Å². The normalized spacial score (nSPS) is 14.5. The summed E-state index contributed by atoms with van der Waals surface area (Å²) in [4.78, 5) is 6.66. The lowest BCUT2D eigenvalue weighted by Crippen LogP contribution is -2.33. The number of aryl methyl sites for hydroxylation is 2. The van der Waals surface area contributed by atoms with E-state index in [4.69, 9.17) is 4.74 Å².